The molecule has 0 radical (unpaired) electrons. The lowest BCUT2D eigenvalue weighted by Gasteiger charge is -2.23. The highest BCUT2D eigenvalue weighted by atomic mass is 19.4. The minimum atomic E-state index is -4.62. The van der Waals surface area contributed by atoms with Crippen molar-refractivity contribution >= 4 is 17.1 Å². The molecule has 1 N–H and O–H groups in total. The third-order valence-corrected chi connectivity index (χ3v) is 4.75. The highest BCUT2D eigenvalue weighted by Crippen LogP contribution is 2.31. The number of allylic oxidation sites excluding steroid dienone is 1. The molecule has 2 rings (SSSR count). The summed E-state index contributed by atoms with van der Waals surface area (Å²) in [6.45, 7) is 11.1. The molecule has 1 atom stereocenters. The number of amidine groups is 1. The van der Waals surface area contributed by atoms with E-state index in [1.807, 2.05) is 13.8 Å². The summed E-state index contributed by atoms with van der Waals surface area (Å²) in [7, 11) is 0. The van der Waals surface area contributed by atoms with Gasteiger partial charge in [-0.2, -0.15) is 0 Å². The first-order valence-corrected chi connectivity index (χ1v) is 9.53. The summed E-state index contributed by atoms with van der Waals surface area (Å²) in [5.74, 6) is -0.965. The van der Waals surface area contributed by atoms with Gasteiger partial charge in [-0.3, -0.25) is 0 Å². The molecule has 4 nitrogen and oxygen atoms in total. The molecule has 0 spiro atoms. The summed E-state index contributed by atoms with van der Waals surface area (Å²) in [6.07, 6.45) is -0.794. The monoisotopic (exact) mass is 422 g/mol. The predicted octanol–water partition coefficient (Wildman–Crippen LogP) is 5.73. The van der Waals surface area contributed by atoms with E-state index in [1.165, 1.54) is 24.4 Å². The Bertz CT molecular complexity index is 877. The molecule has 8 heteroatoms. The summed E-state index contributed by atoms with van der Waals surface area (Å²) in [5, 5.41) is 2.84. The van der Waals surface area contributed by atoms with Crippen LogP contribution < -0.4 is 5.32 Å². The van der Waals surface area contributed by atoms with E-state index in [9.17, 15) is 17.6 Å². The summed E-state index contributed by atoms with van der Waals surface area (Å²) in [6, 6.07) is 5.68. The van der Waals surface area contributed by atoms with Crippen LogP contribution in [0.5, 0.6) is 0 Å². The lowest BCUT2D eigenvalue weighted by molar-refractivity contribution is -0.201. The largest absolute Gasteiger partial charge is 0.489 e. The molecule has 1 aliphatic heterocycles. The second kappa shape index (κ2) is 9.73. The minimum Gasteiger partial charge on any atom is -0.390 e. The molecule has 0 aliphatic carbocycles. The summed E-state index contributed by atoms with van der Waals surface area (Å²) in [5.41, 5.74) is 1.90. The summed E-state index contributed by atoms with van der Waals surface area (Å²) in [4.78, 5) is 9.08. The molecule has 1 aliphatic rings. The Morgan fingerprint density at radius 1 is 1.23 bits per heavy atom. The molecule has 0 saturated carbocycles. The second-order valence-electron chi connectivity index (χ2n) is 7.23. The van der Waals surface area contributed by atoms with Crippen LogP contribution in [-0.4, -0.2) is 29.3 Å². The Balaban J connectivity index is 2.64. The first kappa shape index (κ1) is 23.4. The zero-order valence-corrected chi connectivity index (χ0v) is 17.5. The van der Waals surface area contributed by atoms with Gasteiger partial charge in [0.15, 0.2) is 5.82 Å². The van der Waals surface area contributed by atoms with Crippen LogP contribution >= 0.6 is 0 Å². The van der Waals surface area contributed by atoms with Crippen LogP contribution in [0.1, 0.15) is 33.3 Å². The van der Waals surface area contributed by atoms with Gasteiger partial charge in [0.25, 0.3) is 0 Å². The molecule has 0 bridgehead atoms. The van der Waals surface area contributed by atoms with Crippen LogP contribution in [0.15, 0.2) is 65.1 Å². The van der Waals surface area contributed by atoms with E-state index in [-0.39, 0.29) is 29.0 Å². The van der Waals surface area contributed by atoms with E-state index >= 15 is 0 Å². The average molecular weight is 422 g/mol. The first-order chi connectivity index (χ1) is 14.0. The molecule has 1 unspecified atom stereocenters. The number of aliphatic imine (C=N–C) groups is 2. The normalized spacial score (nSPS) is 19.5. The van der Waals surface area contributed by atoms with Crippen molar-refractivity contribution in [1.82, 2.24) is 10.2 Å². The number of benzene rings is 1. The average Bonchev–Trinajstić information content (AvgIpc) is 3.08. The van der Waals surface area contributed by atoms with Gasteiger partial charge in [0.05, 0.1) is 5.92 Å². The molecule has 162 valence electrons. The molecule has 1 aromatic rings. The topological polar surface area (TPSA) is 40.0 Å². The van der Waals surface area contributed by atoms with E-state index in [0.29, 0.717) is 11.1 Å². The molecule has 0 saturated heterocycles. The van der Waals surface area contributed by atoms with Crippen LogP contribution in [0.4, 0.5) is 17.6 Å². The van der Waals surface area contributed by atoms with Crippen molar-refractivity contribution in [3.63, 3.8) is 0 Å². The Kier molecular flexibility index (Phi) is 7.59. The Labute approximate surface area is 174 Å². The van der Waals surface area contributed by atoms with Gasteiger partial charge in [0, 0.05) is 24.0 Å². The Morgan fingerprint density at radius 3 is 2.40 bits per heavy atom. The molecule has 0 amide bonds. The van der Waals surface area contributed by atoms with Gasteiger partial charge in [-0.1, -0.05) is 38.6 Å². The number of alkyl halides is 3. The fourth-order valence-electron chi connectivity index (χ4n) is 2.68. The maximum atomic E-state index is 13.6. The maximum Gasteiger partial charge on any atom is 0.489 e. The van der Waals surface area contributed by atoms with Crippen LogP contribution in [0, 0.1) is 17.7 Å². The van der Waals surface area contributed by atoms with E-state index in [4.69, 9.17) is 0 Å². The number of nitrogens with one attached hydrogen (secondary N) is 1. The molecular weight excluding hydrogens is 396 g/mol. The van der Waals surface area contributed by atoms with Crippen LogP contribution in [0.3, 0.4) is 0 Å². The van der Waals surface area contributed by atoms with Crippen molar-refractivity contribution in [1.29, 1.82) is 0 Å². The Hall–Kier alpha value is -2.90. The summed E-state index contributed by atoms with van der Waals surface area (Å²) >= 11 is 0. The third kappa shape index (κ3) is 5.81. The van der Waals surface area contributed by atoms with Gasteiger partial charge in [0.2, 0.25) is 0 Å². The van der Waals surface area contributed by atoms with E-state index in [0.717, 1.165) is 11.9 Å². The van der Waals surface area contributed by atoms with Gasteiger partial charge < -0.3 is 5.32 Å². The van der Waals surface area contributed by atoms with E-state index in [1.54, 1.807) is 26.0 Å². The van der Waals surface area contributed by atoms with E-state index in [2.05, 4.69) is 21.9 Å². The van der Waals surface area contributed by atoms with Gasteiger partial charge in [-0.15, -0.1) is 13.2 Å². The van der Waals surface area contributed by atoms with Gasteiger partial charge in [-0.05, 0) is 43.7 Å². The Morgan fingerprint density at radius 2 is 1.87 bits per heavy atom. The molecule has 30 heavy (non-hydrogen) atoms. The van der Waals surface area contributed by atoms with Crippen molar-refractivity contribution in [2.45, 2.75) is 34.0 Å². The van der Waals surface area contributed by atoms with Crippen molar-refractivity contribution in [2.24, 2.45) is 21.8 Å². The van der Waals surface area contributed by atoms with Crippen molar-refractivity contribution in [2.75, 3.05) is 6.54 Å². The van der Waals surface area contributed by atoms with Gasteiger partial charge in [-0.25, -0.2) is 19.3 Å². The predicted molar refractivity (Wildman–Crippen MR) is 113 cm³/mol. The van der Waals surface area contributed by atoms with Crippen molar-refractivity contribution in [3.05, 3.63) is 66.5 Å². The zero-order chi connectivity index (χ0) is 22.5. The van der Waals surface area contributed by atoms with Crippen molar-refractivity contribution < 1.29 is 17.6 Å². The molecule has 1 heterocycles. The summed E-state index contributed by atoms with van der Waals surface area (Å²) < 4.78 is 54.0. The highest BCUT2D eigenvalue weighted by molar-refractivity contribution is 5.92. The lowest BCUT2D eigenvalue weighted by atomic mass is 10.1. The van der Waals surface area contributed by atoms with Gasteiger partial charge in [0.1, 0.15) is 11.7 Å². The zero-order valence-electron chi connectivity index (χ0n) is 17.5. The smallest absolute Gasteiger partial charge is 0.390 e. The molecule has 1 aromatic carbocycles. The van der Waals surface area contributed by atoms with Crippen LogP contribution in [0.2, 0.25) is 0 Å². The third-order valence-electron chi connectivity index (χ3n) is 4.75. The van der Waals surface area contributed by atoms with Crippen LogP contribution in [0.25, 0.3) is 5.57 Å². The number of hydrogen-bond donors (Lipinski definition) is 1. The number of halogens is 4. The number of nitrogens with zero attached hydrogens (tertiary/aromatic N) is 3. The standard InChI is InChI=1S/C22H26F4N4/c1-6-27-13-18-11-12-30(22(24,25)26)21(18)29-20(28-16(5)14(2)3)15(4)17-7-9-19(23)10-8-17/h6-12,14,18,27H,1,13H2,2-5H3/b20-15-,28-16+,29-21+. The fourth-order valence-corrected chi connectivity index (χ4v) is 2.68. The fraction of sp³-hybridized carbons (Fsp3) is 0.364. The SMILES string of the molecule is C=CNCC1C=CN(C(F)(F)F)/C1=N/C(/N=C(\C)C(C)C)=C(/C)c1ccc(F)cc1. The quantitative estimate of drug-likeness (QED) is 0.346. The van der Waals surface area contributed by atoms with E-state index < -0.39 is 18.0 Å². The molecule has 0 aromatic heterocycles. The van der Waals surface area contributed by atoms with Crippen LogP contribution in [-0.2, 0) is 0 Å². The highest BCUT2D eigenvalue weighted by Gasteiger charge is 2.43. The van der Waals surface area contributed by atoms with Crippen molar-refractivity contribution in [3.8, 4) is 0 Å². The van der Waals surface area contributed by atoms with Gasteiger partial charge >= 0.3 is 6.30 Å². The lowest BCUT2D eigenvalue weighted by Crippen LogP contribution is -2.40. The second-order valence-corrected chi connectivity index (χ2v) is 7.23. The number of hydrogen-bond acceptors (Lipinski definition) is 3. The maximum absolute atomic E-state index is 13.6. The minimum absolute atomic E-state index is 0.0832. The molecule has 0 fully saturated rings. The molecular formula is C22H26F4N4. The number of rotatable bonds is 7. The first-order valence-electron chi connectivity index (χ1n) is 9.53.